The van der Waals surface area contributed by atoms with Gasteiger partial charge in [0.15, 0.2) is 0 Å². The Labute approximate surface area is 87.7 Å². The van der Waals surface area contributed by atoms with Gasteiger partial charge in [-0.05, 0) is 25.1 Å². The summed E-state index contributed by atoms with van der Waals surface area (Å²) in [6, 6.07) is 3.57. The lowest BCUT2D eigenvalue weighted by Gasteiger charge is -2.19. The Hall–Kier alpha value is -1.97. The SMILES string of the molecule is CC1C=CC=C(n2cccc(N)c2=O)N1. The van der Waals surface area contributed by atoms with Gasteiger partial charge in [0.1, 0.15) is 5.82 Å². The number of pyridine rings is 1. The van der Waals surface area contributed by atoms with Crippen LogP contribution in [0.2, 0.25) is 0 Å². The van der Waals surface area contributed by atoms with E-state index in [1.54, 1.807) is 18.3 Å². The van der Waals surface area contributed by atoms with Crippen LogP contribution in [0.3, 0.4) is 0 Å². The predicted molar refractivity (Wildman–Crippen MR) is 61.1 cm³/mol. The van der Waals surface area contributed by atoms with Crippen LogP contribution in [0.1, 0.15) is 6.92 Å². The maximum absolute atomic E-state index is 11.7. The molecule has 3 N–H and O–H groups in total. The zero-order valence-electron chi connectivity index (χ0n) is 8.47. The van der Waals surface area contributed by atoms with Gasteiger partial charge in [0.05, 0.1) is 5.69 Å². The minimum Gasteiger partial charge on any atom is -0.394 e. The lowest BCUT2D eigenvalue weighted by Crippen LogP contribution is -2.33. The van der Waals surface area contributed by atoms with E-state index in [1.165, 1.54) is 4.57 Å². The number of nitrogens with two attached hydrogens (primary N) is 1. The molecule has 1 unspecified atom stereocenters. The number of hydrogen-bond acceptors (Lipinski definition) is 3. The summed E-state index contributed by atoms with van der Waals surface area (Å²) in [4.78, 5) is 11.7. The Bertz CT molecular complexity index is 485. The van der Waals surface area contributed by atoms with E-state index in [0.717, 1.165) is 5.82 Å². The van der Waals surface area contributed by atoms with Crippen molar-refractivity contribution in [1.29, 1.82) is 0 Å². The number of dihydropyridines is 1. The summed E-state index contributed by atoms with van der Waals surface area (Å²) in [6.07, 6.45) is 7.48. The van der Waals surface area contributed by atoms with Crippen molar-refractivity contribution < 1.29 is 0 Å². The maximum atomic E-state index is 11.7. The van der Waals surface area contributed by atoms with Gasteiger partial charge in [-0.25, -0.2) is 0 Å². The summed E-state index contributed by atoms with van der Waals surface area (Å²) >= 11 is 0. The summed E-state index contributed by atoms with van der Waals surface area (Å²) in [5.41, 5.74) is 5.61. The quantitative estimate of drug-likeness (QED) is 0.709. The van der Waals surface area contributed by atoms with Gasteiger partial charge in [-0.15, -0.1) is 0 Å². The number of hydrogen-bond donors (Lipinski definition) is 2. The summed E-state index contributed by atoms with van der Waals surface area (Å²) in [5.74, 6) is 0.752. The molecule has 4 nitrogen and oxygen atoms in total. The third kappa shape index (κ3) is 1.79. The highest BCUT2D eigenvalue weighted by molar-refractivity contribution is 5.51. The van der Waals surface area contributed by atoms with Gasteiger partial charge >= 0.3 is 0 Å². The summed E-state index contributed by atoms with van der Waals surface area (Å²) in [6.45, 7) is 2.01. The van der Waals surface area contributed by atoms with Gasteiger partial charge in [0.25, 0.3) is 5.56 Å². The van der Waals surface area contributed by atoms with Crippen LogP contribution >= 0.6 is 0 Å². The van der Waals surface area contributed by atoms with E-state index in [0.29, 0.717) is 0 Å². The van der Waals surface area contributed by atoms with Crippen LogP contribution < -0.4 is 16.6 Å². The molecule has 1 aliphatic heterocycles. The highest BCUT2D eigenvalue weighted by Gasteiger charge is 2.08. The van der Waals surface area contributed by atoms with E-state index in [1.807, 2.05) is 25.2 Å². The Morgan fingerprint density at radius 2 is 2.33 bits per heavy atom. The molecular formula is C11H13N3O. The molecule has 0 amide bonds. The Kier molecular flexibility index (Phi) is 2.33. The molecule has 1 aromatic heterocycles. The van der Waals surface area contributed by atoms with Crippen molar-refractivity contribution in [3.8, 4) is 0 Å². The van der Waals surface area contributed by atoms with Crippen molar-refractivity contribution >= 4 is 11.5 Å². The van der Waals surface area contributed by atoms with E-state index >= 15 is 0 Å². The monoisotopic (exact) mass is 203 g/mol. The number of anilines is 1. The van der Waals surface area contributed by atoms with E-state index < -0.39 is 0 Å². The number of nitrogens with one attached hydrogen (secondary N) is 1. The van der Waals surface area contributed by atoms with Crippen molar-refractivity contribution in [1.82, 2.24) is 9.88 Å². The molecule has 1 atom stereocenters. The van der Waals surface area contributed by atoms with Gasteiger partial charge < -0.3 is 11.1 Å². The Morgan fingerprint density at radius 1 is 1.53 bits per heavy atom. The first kappa shape index (κ1) is 9.58. The molecule has 0 bridgehead atoms. The molecule has 0 aliphatic carbocycles. The van der Waals surface area contributed by atoms with E-state index in [4.69, 9.17) is 5.73 Å². The molecule has 0 saturated carbocycles. The fourth-order valence-electron chi connectivity index (χ4n) is 1.49. The lowest BCUT2D eigenvalue weighted by atomic mass is 10.2. The smallest absolute Gasteiger partial charge is 0.279 e. The normalized spacial score (nSPS) is 19.5. The van der Waals surface area contributed by atoms with Crippen molar-refractivity contribution in [2.75, 3.05) is 5.73 Å². The Balaban J connectivity index is 2.47. The first-order valence-electron chi connectivity index (χ1n) is 4.81. The Morgan fingerprint density at radius 3 is 3.07 bits per heavy atom. The molecule has 1 aromatic rings. The summed E-state index contributed by atoms with van der Waals surface area (Å²) in [7, 11) is 0. The van der Waals surface area contributed by atoms with Gasteiger partial charge in [0.2, 0.25) is 0 Å². The van der Waals surface area contributed by atoms with Gasteiger partial charge in [-0.2, -0.15) is 0 Å². The zero-order chi connectivity index (χ0) is 10.8. The topological polar surface area (TPSA) is 60.0 Å². The molecule has 78 valence electrons. The molecule has 0 fully saturated rings. The minimum atomic E-state index is -0.196. The van der Waals surface area contributed by atoms with E-state index in [-0.39, 0.29) is 17.3 Å². The van der Waals surface area contributed by atoms with Crippen LogP contribution in [0, 0.1) is 0 Å². The maximum Gasteiger partial charge on any atom is 0.279 e. The minimum absolute atomic E-state index is 0.196. The van der Waals surface area contributed by atoms with Crippen molar-refractivity contribution in [3.63, 3.8) is 0 Å². The predicted octanol–water partition coefficient (Wildman–Crippen LogP) is 0.777. The van der Waals surface area contributed by atoms with Crippen molar-refractivity contribution in [2.45, 2.75) is 13.0 Å². The second kappa shape index (κ2) is 3.65. The molecular weight excluding hydrogens is 190 g/mol. The first-order valence-corrected chi connectivity index (χ1v) is 4.81. The molecule has 0 saturated heterocycles. The summed E-state index contributed by atoms with van der Waals surface area (Å²) < 4.78 is 1.51. The van der Waals surface area contributed by atoms with Crippen LogP contribution in [0.5, 0.6) is 0 Å². The van der Waals surface area contributed by atoms with Crippen molar-refractivity contribution in [3.05, 3.63) is 46.9 Å². The van der Waals surface area contributed by atoms with Crippen LogP contribution in [0.15, 0.2) is 41.4 Å². The highest BCUT2D eigenvalue weighted by Crippen LogP contribution is 2.06. The molecule has 0 aromatic carbocycles. The number of nitrogen functional groups attached to an aromatic ring is 1. The van der Waals surface area contributed by atoms with Crippen LogP contribution in [-0.4, -0.2) is 10.6 Å². The second-order valence-corrected chi connectivity index (χ2v) is 3.51. The van der Waals surface area contributed by atoms with Gasteiger partial charge in [0, 0.05) is 12.2 Å². The van der Waals surface area contributed by atoms with E-state index in [9.17, 15) is 4.79 Å². The van der Waals surface area contributed by atoms with Gasteiger partial charge in [-0.1, -0.05) is 12.2 Å². The third-order valence-corrected chi connectivity index (χ3v) is 2.27. The zero-order valence-corrected chi connectivity index (χ0v) is 8.47. The molecule has 4 heteroatoms. The first-order chi connectivity index (χ1) is 7.18. The number of allylic oxidation sites excluding steroid dienone is 2. The molecule has 2 heterocycles. The number of aromatic nitrogens is 1. The second-order valence-electron chi connectivity index (χ2n) is 3.51. The van der Waals surface area contributed by atoms with Crippen LogP contribution in [0.4, 0.5) is 5.69 Å². The number of rotatable bonds is 1. The summed E-state index contributed by atoms with van der Waals surface area (Å²) in [5, 5.41) is 3.18. The van der Waals surface area contributed by atoms with E-state index in [2.05, 4.69) is 5.32 Å². The molecule has 0 radical (unpaired) electrons. The molecule has 15 heavy (non-hydrogen) atoms. The average molecular weight is 203 g/mol. The van der Waals surface area contributed by atoms with Crippen LogP contribution in [-0.2, 0) is 0 Å². The highest BCUT2D eigenvalue weighted by atomic mass is 16.1. The average Bonchev–Trinajstić information content (AvgIpc) is 2.22. The fourth-order valence-corrected chi connectivity index (χ4v) is 1.49. The largest absolute Gasteiger partial charge is 0.394 e. The standard InChI is InChI=1S/C11H13N3O/c1-8-4-2-6-10(13-8)14-7-3-5-9(12)11(14)15/h2-8,13H,12H2,1H3. The van der Waals surface area contributed by atoms with Crippen LogP contribution in [0.25, 0.3) is 5.82 Å². The lowest BCUT2D eigenvalue weighted by molar-refractivity contribution is 0.732. The van der Waals surface area contributed by atoms with Gasteiger partial charge in [-0.3, -0.25) is 9.36 Å². The third-order valence-electron chi connectivity index (χ3n) is 2.27. The molecule has 1 aliphatic rings. The molecule has 0 spiro atoms. The fraction of sp³-hybridized carbons (Fsp3) is 0.182. The molecule has 2 rings (SSSR count). The van der Waals surface area contributed by atoms with Crippen molar-refractivity contribution in [2.24, 2.45) is 0 Å². The number of nitrogens with zero attached hydrogens (tertiary/aromatic N) is 1.